The van der Waals surface area contributed by atoms with Crippen molar-refractivity contribution in [2.75, 3.05) is 23.5 Å². The predicted molar refractivity (Wildman–Crippen MR) is 120 cm³/mol. The highest BCUT2D eigenvalue weighted by Gasteiger charge is 2.11. The van der Waals surface area contributed by atoms with Crippen molar-refractivity contribution in [1.82, 2.24) is 15.2 Å². The van der Waals surface area contributed by atoms with E-state index in [1.165, 1.54) is 40.0 Å². The number of amides is 1. The minimum Gasteiger partial charge on any atom is -0.497 e. The van der Waals surface area contributed by atoms with E-state index in [0.29, 0.717) is 10.3 Å². The molecule has 0 bridgehead atoms. The zero-order valence-corrected chi connectivity index (χ0v) is 18.1. The van der Waals surface area contributed by atoms with Crippen LogP contribution in [0.15, 0.2) is 46.8 Å². The monoisotopic (exact) mass is 443 g/mol. The maximum absolute atomic E-state index is 12.3. The fraction of sp³-hybridized carbons (Fsp3) is 0.158. The Kier molecular flexibility index (Phi) is 5.93. The Balaban J connectivity index is 1.30. The van der Waals surface area contributed by atoms with Crippen LogP contribution in [0.4, 0.5) is 16.0 Å². The number of benzene rings is 2. The summed E-state index contributed by atoms with van der Waals surface area (Å²) < 4.78 is 6.92. The Labute approximate surface area is 179 Å². The lowest BCUT2D eigenvalue weighted by Gasteiger charge is -2.03. The number of nitrogens with one attached hydrogen (secondary N) is 2. The van der Waals surface area contributed by atoms with Gasteiger partial charge in [-0.25, -0.2) is 4.98 Å². The summed E-state index contributed by atoms with van der Waals surface area (Å²) in [5.41, 5.74) is 2.95. The molecule has 0 atom stereocenters. The molecule has 10 heteroatoms. The lowest BCUT2D eigenvalue weighted by Crippen LogP contribution is -2.13. The number of nitrogens with zero attached hydrogens (tertiary/aromatic N) is 3. The number of aromatic nitrogens is 3. The quantitative estimate of drug-likeness (QED) is 0.391. The largest absolute Gasteiger partial charge is 0.497 e. The predicted octanol–water partition coefficient (Wildman–Crippen LogP) is 4.94. The van der Waals surface area contributed by atoms with Gasteiger partial charge in [-0.2, -0.15) is 0 Å². The average Bonchev–Trinajstić information content (AvgIpc) is 3.32. The van der Waals surface area contributed by atoms with Crippen LogP contribution in [0.1, 0.15) is 5.56 Å². The van der Waals surface area contributed by atoms with Crippen molar-refractivity contribution in [3.63, 3.8) is 0 Å². The first kappa shape index (κ1) is 19.6. The number of aryl methyl sites for hydroxylation is 1. The molecule has 2 heterocycles. The first-order valence-electron chi connectivity index (χ1n) is 8.63. The molecule has 2 aromatic carbocycles. The number of fused-ring (bicyclic) bond motifs is 1. The average molecular weight is 444 g/mol. The van der Waals surface area contributed by atoms with E-state index in [1.807, 2.05) is 43.3 Å². The zero-order valence-electron chi connectivity index (χ0n) is 15.6. The zero-order chi connectivity index (χ0) is 20.2. The van der Waals surface area contributed by atoms with Gasteiger partial charge < -0.3 is 15.4 Å². The van der Waals surface area contributed by atoms with Crippen molar-refractivity contribution in [3.05, 3.63) is 48.0 Å². The van der Waals surface area contributed by atoms with Crippen molar-refractivity contribution in [2.24, 2.45) is 0 Å². The van der Waals surface area contributed by atoms with E-state index in [4.69, 9.17) is 4.74 Å². The highest BCUT2D eigenvalue weighted by molar-refractivity contribution is 8.01. The van der Waals surface area contributed by atoms with Gasteiger partial charge in [0.25, 0.3) is 0 Å². The van der Waals surface area contributed by atoms with E-state index < -0.39 is 0 Å². The normalized spacial score (nSPS) is 10.8. The van der Waals surface area contributed by atoms with Gasteiger partial charge in [-0.05, 0) is 48.9 Å². The number of rotatable bonds is 7. The molecule has 0 aliphatic heterocycles. The first-order valence-corrected chi connectivity index (χ1v) is 11.3. The lowest BCUT2D eigenvalue weighted by molar-refractivity contribution is -0.113. The molecule has 29 heavy (non-hydrogen) atoms. The topological polar surface area (TPSA) is 89.0 Å². The second-order valence-corrected chi connectivity index (χ2v) is 9.28. The molecule has 0 fully saturated rings. The fourth-order valence-corrected chi connectivity index (χ4v) is 5.04. The molecule has 0 unspecified atom stereocenters. The van der Waals surface area contributed by atoms with E-state index in [9.17, 15) is 4.79 Å². The van der Waals surface area contributed by atoms with E-state index in [2.05, 4.69) is 31.9 Å². The van der Waals surface area contributed by atoms with Crippen LogP contribution in [0.2, 0.25) is 0 Å². The van der Waals surface area contributed by atoms with Crippen LogP contribution >= 0.6 is 34.4 Å². The summed E-state index contributed by atoms with van der Waals surface area (Å²) in [5, 5.41) is 15.6. The minimum absolute atomic E-state index is 0.120. The number of anilines is 3. The maximum atomic E-state index is 12.3. The van der Waals surface area contributed by atoms with Crippen LogP contribution < -0.4 is 15.4 Å². The summed E-state index contributed by atoms with van der Waals surface area (Å²) in [6, 6.07) is 13.6. The molecule has 0 saturated heterocycles. The molecule has 0 radical (unpaired) electrons. The van der Waals surface area contributed by atoms with Crippen LogP contribution in [0.3, 0.4) is 0 Å². The van der Waals surface area contributed by atoms with Gasteiger partial charge in [-0.3, -0.25) is 4.79 Å². The third kappa shape index (κ3) is 5.03. The number of ether oxygens (including phenoxy) is 1. The van der Waals surface area contributed by atoms with Crippen molar-refractivity contribution in [2.45, 2.75) is 11.3 Å². The number of thiazole rings is 1. The van der Waals surface area contributed by atoms with Crippen molar-refractivity contribution in [3.8, 4) is 5.75 Å². The molecule has 2 aromatic heterocycles. The molecular formula is C19H17N5O2S3. The van der Waals surface area contributed by atoms with Crippen molar-refractivity contribution >= 4 is 66.5 Å². The molecule has 0 saturated carbocycles. The molecule has 0 spiro atoms. The van der Waals surface area contributed by atoms with Crippen molar-refractivity contribution in [1.29, 1.82) is 0 Å². The Morgan fingerprint density at radius 3 is 2.72 bits per heavy atom. The highest BCUT2D eigenvalue weighted by atomic mass is 32.2. The van der Waals surface area contributed by atoms with Crippen LogP contribution in [-0.4, -0.2) is 34.0 Å². The molecule has 1 amide bonds. The second-order valence-electron chi connectivity index (χ2n) is 6.05. The van der Waals surface area contributed by atoms with Gasteiger partial charge >= 0.3 is 0 Å². The second kappa shape index (κ2) is 8.76. The smallest absolute Gasteiger partial charge is 0.236 e. The number of thioether (sulfide) groups is 1. The van der Waals surface area contributed by atoms with Crippen LogP contribution in [0, 0.1) is 6.92 Å². The van der Waals surface area contributed by atoms with Gasteiger partial charge in [0.05, 0.1) is 23.1 Å². The van der Waals surface area contributed by atoms with E-state index in [0.717, 1.165) is 26.0 Å². The third-order valence-electron chi connectivity index (χ3n) is 3.86. The minimum atomic E-state index is -0.120. The number of hydrogen-bond acceptors (Lipinski definition) is 9. The van der Waals surface area contributed by atoms with Crippen LogP contribution in [0.5, 0.6) is 5.75 Å². The SMILES string of the molecule is COc1ccc(Nc2nnc(SCC(=O)Nc3nc4ccc(C)cc4s3)s2)cc1. The summed E-state index contributed by atoms with van der Waals surface area (Å²) >= 11 is 4.21. The van der Waals surface area contributed by atoms with Gasteiger partial charge in [0.1, 0.15) is 5.75 Å². The third-order valence-corrected chi connectivity index (χ3v) is 6.77. The van der Waals surface area contributed by atoms with Crippen LogP contribution in [-0.2, 0) is 4.79 Å². The molecule has 0 aliphatic carbocycles. The van der Waals surface area contributed by atoms with E-state index in [-0.39, 0.29) is 11.7 Å². The Hall–Kier alpha value is -2.69. The summed E-state index contributed by atoms with van der Waals surface area (Å²) in [6.45, 7) is 2.04. The molecule has 4 rings (SSSR count). The number of carbonyl (C=O) groups is 1. The van der Waals surface area contributed by atoms with Crippen molar-refractivity contribution < 1.29 is 9.53 Å². The molecule has 0 aliphatic rings. The van der Waals surface area contributed by atoms with Gasteiger partial charge in [0, 0.05) is 5.69 Å². The summed E-state index contributed by atoms with van der Waals surface area (Å²) in [7, 11) is 1.63. The number of hydrogen-bond donors (Lipinski definition) is 2. The number of methoxy groups -OCH3 is 1. The van der Waals surface area contributed by atoms with Crippen LogP contribution in [0.25, 0.3) is 10.2 Å². The molecule has 2 N–H and O–H groups in total. The Morgan fingerprint density at radius 2 is 1.93 bits per heavy atom. The van der Waals surface area contributed by atoms with Gasteiger partial charge in [-0.1, -0.05) is 40.5 Å². The highest BCUT2D eigenvalue weighted by Crippen LogP contribution is 2.29. The Bertz CT molecular complexity index is 1140. The molecule has 4 aromatic rings. The molecule has 148 valence electrons. The van der Waals surface area contributed by atoms with Gasteiger partial charge in [-0.15, -0.1) is 10.2 Å². The standard InChI is InChI=1S/C19H17N5O2S3/c1-11-3-8-14-15(9-11)28-17(21-14)22-16(25)10-27-19-24-23-18(29-19)20-12-4-6-13(26-2)7-5-12/h3-9H,10H2,1-2H3,(H,20,23)(H,21,22,25). The van der Waals surface area contributed by atoms with E-state index >= 15 is 0 Å². The Morgan fingerprint density at radius 1 is 1.10 bits per heavy atom. The molecule has 7 nitrogen and oxygen atoms in total. The number of carbonyl (C=O) groups excluding carboxylic acids is 1. The van der Waals surface area contributed by atoms with Gasteiger partial charge in [0.2, 0.25) is 11.0 Å². The summed E-state index contributed by atoms with van der Waals surface area (Å²) in [4.78, 5) is 16.7. The lowest BCUT2D eigenvalue weighted by atomic mass is 10.2. The molecular weight excluding hydrogens is 426 g/mol. The first-order chi connectivity index (χ1) is 14.1. The fourth-order valence-electron chi connectivity index (χ4n) is 2.48. The summed E-state index contributed by atoms with van der Waals surface area (Å²) in [6.07, 6.45) is 0. The summed E-state index contributed by atoms with van der Waals surface area (Å²) in [5.74, 6) is 0.913. The maximum Gasteiger partial charge on any atom is 0.236 e. The van der Waals surface area contributed by atoms with Gasteiger partial charge in [0.15, 0.2) is 9.47 Å². The van der Waals surface area contributed by atoms with E-state index in [1.54, 1.807) is 7.11 Å².